The molecule has 0 fully saturated rings. The molecule has 1 aliphatic rings. The second kappa shape index (κ2) is 7.11. The highest BCUT2D eigenvalue weighted by Gasteiger charge is 2.24. The van der Waals surface area contributed by atoms with Crippen LogP contribution in [0.2, 0.25) is 0 Å². The molecule has 6 nitrogen and oxygen atoms in total. The summed E-state index contributed by atoms with van der Waals surface area (Å²) >= 11 is 1.60. The number of aromatic nitrogens is 2. The van der Waals surface area contributed by atoms with E-state index in [0.717, 1.165) is 27.2 Å². The number of nitrogens with one attached hydrogen (secondary N) is 2. The molecule has 0 spiro atoms. The zero-order valence-electron chi connectivity index (χ0n) is 16.6. The first-order valence-corrected chi connectivity index (χ1v) is 10.6. The van der Waals surface area contributed by atoms with Crippen LogP contribution in [0.15, 0.2) is 53.9 Å². The Hall–Kier alpha value is -3.45. The number of rotatable bonds is 3. The zero-order valence-corrected chi connectivity index (χ0v) is 17.4. The fraction of sp³-hybridized carbons (Fsp3) is 0.174. The van der Waals surface area contributed by atoms with E-state index < -0.39 is 0 Å². The molecule has 0 saturated heterocycles. The quantitative estimate of drug-likeness (QED) is 0.511. The monoisotopic (exact) mass is 416 g/mol. The number of carbonyl (C=O) groups excluding carboxylic acids is 2. The average molecular weight is 417 g/mol. The summed E-state index contributed by atoms with van der Waals surface area (Å²) in [5, 5.41) is 9.84. The summed E-state index contributed by atoms with van der Waals surface area (Å²) in [6.45, 7) is 4.61. The van der Waals surface area contributed by atoms with Gasteiger partial charge in [0.15, 0.2) is 0 Å². The maximum absolute atomic E-state index is 12.9. The fourth-order valence-corrected chi connectivity index (χ4v) is 4.51. The lowest BCUT2D eigenvalue weighted by atomic mass is 10.1. The minimum Gasteiger partial charge on any atom is -0.349 e. The number of amides is 2. The first-order chi connectivity index (χ1) is 14.5. The first kappa shape index (κ1) is 18.6. The molecule has 0 aliphatic carbocycles. The number of hydrogen-bond donors (Lipinski definition) is 2. The molecule has 2 aromatic heterocycles. The molecule has 7 heteroatoms. The molecule has 1 aliphatic heterocycles. The fourth-order valence-electron chi connectivity index (χ4n) is 3.89. The molecule has 4 aromatic rings. The maximum atomic E-state index is 12.9. The van der Waals surface area contributed by atoms with Gasteiger partial charge in [0.25, 0.3) is 11.8 Å². The molecule has 2 N–H and O–H groups in total. The molecule has 3 heterocycles. The minimum atomic E-state index is -0.188. The number of aryl methyl sites for hydroxylation is 1. The third kappa shape index (κ3) is 3.17. The Morgan fingerprint density at radius 1 is 1.23 bits per heavy atom. The van der Waals surface area contributed by atoms with E-state index in [2.05, 4.69) is 22.5 Å². The number of thiazole rings is 1. The van der Waals surface area contributed by atoms with Crippen molar-refractivity contribution in [2.45, 2.75) is 19.9 Å². The van der Waals surface area contributed by atoms with Crippen molar-refractivity contribution in [3.05, 3.63) is 70.2 Å². The highest BCUT2D eigenvalue weighted by molar-refractivity contribution is 7.09. The van der Waals surface area contributed by atoms with Crippen LogP contribution in [0, 0.1) is 6.92 Å². The van der Waals surface area contributed by atoms with Gasteiger partial charge >= 0.3 is 0 Å². The standard InChI is InChI=1S/C23H20N4O2S/c1-13-11-24-23(29)21-9-16-6-7-17(10-20(16)27(13)21)22(28)26-18-5-3-4-15(8-18)19-12-30-14(2)25-19/h3-10,12-13H,11H2,1-2H3,(H,24,29)(H,26,28). The van der Waals surface area contributed by atoms with Gasteiger partial charge in [-0.25, -0.2) is 4.98 Å². The first-order valence-electron chi connectivity index (χ1n) is 9.77. The largest absolute Gasteiger partial charge is 0.349 e. The topological polar surface area (TPSA) is 76.0 Å². The van der Waals surface area contributed by atoms with Crippen molar-refractivity contribution in [3.8, 4) is 11.3 Å². The summed E-state index contributed by atoms with van der Waals surface area (Å²) in [6, 6.07) is 15.2. The van der Waals surface area contributed by atoms with Crippen molar-refractivity contribution in [1.82, 2.24) is 14.9 Å². The van der Waals surface area contributed by atoms with Crippen LogP contribution in [0.4, 0.5) is 5.69 Å². The second-order valence-electron chi connectivity index (χ2n) is 7.52. The summed E-state index contributed by atoms with van der Waals surface area (Å²) in [4.78, 5) is 29.6. The number of carbonyl (C=O) groups is 2. The summed E-state index contributed by atoms with van der Waals surface area (Å²) in [6.07, 6.45) is 0. The molecule has 30 heavy (non-hydrogen) atoms. The van der Waals surface area contributed by atoms with Gasteiger partial charge in [0, 0.05) is 45.7 Å². The van der Waals surface area contributed by atoms with E-state index in [-0.39, 0.29) is 17.9 Å². The lowest BCUT2D eigenvalue weighted by Gasteiger charge is -2.24. The van der Waals surface area contributed by atoms with E-state index in [9.17, 15) is 9.59 Å². The van der Waals surface area contributed by atoms with E-state index in [4.69, 9.17) is 0 Å². The van der Waals surface area contributed by atoms with E-state index in [1.807, 2.05) is 59.3 Å². The zero-order chi connectivity index (χ0) is 20.8. The molecule has 0 saturated carbocycles. The van der Waals surface area contributed by atoms with Crippen LogP contribution in [-0.2, 0) is 0 Å². The van der Waals surface area contributed by atoms with Crippen LogP contribution in [0.1, 0.15) is 38.8 Å². The third-order valence-corrected chi connectivity index (χ3v) is 6.14. The smallest absolute Gasteiger partial charge is 0.268 e. The molecule has 0 bridgehead atoms. The SMILES string of the molecule is Cc1nc(-c2cccc(NC(=O)c3ccc4cc5n(c4c3)C(C)CNC5=O)c2)cs1. The van der Waals surface area contributed by atoms with Crippen molar-refractivity contribution in [1.29, 1.82) is 0 Å². The molecule has 150 valence electrons. The summed E-state index contributed by atoms with van der Waals surface area (Å²) < 4.78 is 2.01. The van der Waals surface area contributed by atoms with Crippen LogP contribution in [0.5, 0.6) is 0 Å². The van der Waals surface area contributed by atoms with Crippen LogP contribution < -0.4 is 10.6 Å². The van der Waals surface area contributed by atoms with Gasteiger partial charge in [-0.15, -0.1) is 11.3 Å². The van der Waals surface area contributed by atoms with Gasteiger partial charge in [-0.05, 0) is 44.2 Å². The molecular formula is C23H20N4O2S. The lowest BCUT2D eigenvalue weighted by Crippen LogP contribution is -2.37. The molecule has 1 atom stereocenters. The van der Waals surface area contributed by atoms with Crippen LogP contribution >= 0.6 is 11.3 Å². The number of anilines is 1. The predicted molar refractivity (Wildman–Crippen MR) is 119 cm³/mol. The predicted octanol–water partition coefficient (Wildman–Crippen LogP) is 4.63. The van der Waals surface area contributed by atoms with Gasteiger partial charge in [-0.1, -0.05) is 18.2 Å². The molecule has 2 amide bonds. The van der Waals surface area contributed by atoms with Crippen LogP contribution in [-0.4, -0.2) is 27.9 Å². The number of hydrogen-bond acceptors (Lipinski definition) is 4. The van der Waals surface area contributed by atoms with E-state index in [1.54, 1.807) is 17.4 Å². The summed E-state index contributed by atoms with van der Waals surface area (Å²) in [5.74, 6) is -0.267. The number of nitrogens with zero attached hydrogens (tertiary/aromatic N) is 2. The van der Waals surface area contributed by atoms with Crippen molar-refractivity contribution in [3.63, 3.8) is 0 Å². The minimum absolute atomic E-state index is 0.0793. The van der Waals surface area contributed by atoms with Gasteiger partial charge in [0.05, 0.1) is 10.7 Å². The van der Waals surface area contributed by atoms with E-state index in [0.29, 0.717) is 23.5 Å². The molecular weight excluding hydrogens is 396 g/mol. The molecule has 2 aromatic carbocycles. The summed E-state index contributed by atoms with van der Waals surface area (Å²) in [7, 11) is 0. The molecule has 1 unspecified atom stereocenters. The van der Waals surface area contributed by atoms with Crippen molar-refractivity contribution >= 4 is 39.7 Å². The molecule has 0 radical (unpaired) electrons. The average Bonchev–Trinajstić information content (AvgIpc) is 3.35. The van der Waals surface area contributed by atoms with Gasteiger partial charge in [-0.2, -0.15) is 0 Å². The van der Waals surface area contributed by atoms with Crippen molar-refractivity contribution in [2.24, 2.45) is 0 Å². The van der Waals surface area contributed by atoms with Gasteiger partial charge in [0.1, 0.15) is 5.69 Å². The highest BCUT2D eigenvalue weighted by atomic mass is 32.1. The normalized spacial score (nSPS) is 15.7. The summed E-state index contributed by atoms with van der Waals surface area (Å²) in [5.41, 5.74) is 4.67. The molecule has 5 rings (SSSR count). The second-order valence-corrected chi connectivity index (χ2v) is 8.58. The van der Waals surface area contributed by atoms with Crippen LogP contribution in [0.3, 0.4) is 0 Å². The van der Waals surface area contributed by atoms with Gasteiger partial charge in [0.2, 0.25) is 0 Å². The Kier molecular flexibility index (Phi) is 4.40. The lowest BCUT2D eigenvalue weighted by molar-refractivity contribution is 0.0919. The van der Waals surface area contributed by atoms with E-state index in [1.165, 1.54) is 0 Å². The Morgan fingerprint density at radius 3 is 2.90 bits per heavy atom. The van der Waals surface area contributed by atoms with Gasteiger partial charge < -0.3 is 15.2 Å². The van der Waals surface area contributed by atoms with Crippen molar-refractivity contribution in [2.75, 3.05) is 11.9 Å². The van der Waals surface area contributed by atoms with Crippen LogP contribution in [0.25, 0.3) is 22.2 Å². The third-order valence-electron chi connectivity index (χ3n) is 5.37. The maximum Gasteiger partial charge on any atom is 0.268 e. The number of fused-ring (bicyclic) bond motifs is 3. The van der Waals surface area contributed by atoms with Crippen molar-refractivity contribution < 1.29 is 9.59 Å². The Bertz CT molecular complexity index is 1300. The van der Waals surface area contributed by atoms with Gasteiger partial charge in [-0.3, -0.25) is 9.59 Å². The highest BCUT2D eigenvalue weighted by Crippen LogP contribution is 2.28. The number of benzene rings is 2. The Morgan fingerprint density at radius 2 is 2.10 bits per heavy atom. The Labute approximate surface area is 177 Å². The van der Waals surface area contributed by atoms with E-state index >= 15 is 0 Å². The Balaban J connectivity index is 1.46.